The SMILES string of the molecule is C=C(C)C(=O)O.C=C(C)C(=O)O.N. The number of hydrogen-bond acceptors (Lipinski definition) is 3. The topological polar surface area (TPSA) is 110 Å². The standard InChI is InChI=1S/2C4H6O2.H3N/c2*1-3(2)4(5)6;/h2*1H2,2H3,(H,5,6);1H3. The van der Waals surface area contributed by atoms with Gasteiger partial charge in [-0.1, -0.05) is 13.2 Å². The highest BCUT2D eigenvalue weighted by molar-refractivity contribution is 5.85. The second-order valence-electron chi connectivity index (χ2n) is 2.17. The highest BCUT2D eigenvalue weighted by atomic mass is 16.4. The van der Waals surface area contributed by atoms with E-state index in [0.29, 0.717) is 0 Å². The summed E-state index contributed by atoms with van der Waals surface area (Å²) >= 11 is 0. The van der Waals surface area contributed by atoms with Crippen molar-refractivity contribution in [1.29, 1.82) is 0 Å². The van der Waals surface area contributed by atoms with Crippen LogP contribution in [0.15, 0.2) is 24.3 Å². The molecule has 5 nitrogen and oxygen atoms in total. The van der Waals surface area contributed by atoms with Gasteiger partial charge in [0.25, 0.3) is 0 Å². The Kier molecular flexibility index (Phi) is 11.4. The van der Waals surface area contributed by atoms with Crippen LogP contribution in [0.25, 0.3) is 0 Å². The highest BCUT2D eigenvalue weighted by Gasteiger charge is 1.90. The molecule has 0 saturated heterocycles. The lowest BCUT2D eigenvalue weighted by Gasteiger charge is -1.79. The molecule has 0 bridgehead atoms. The molecule has 5 heteroatoms. The van der Waals surface area contributed by atoms with Gasteiger partial charge < -0.3 is 16.4 Å². The number of carbonyl (C=O) groups is 2. The first kappa shape index (κ1) is 17.5. The summed E-state index contributed by atoms with van der Waals surface area (Å²) in [7, 11) is 0. The molecule has 0 aromatic carbocycles. The maximum absolute atomic E-state index is 9.60. The van der Waals surface area contributed by atoms with Crippen LogP contribution in [0.5, 0.6) is 0 Å². The number of carboxylic acids is 2. The molecule has 5 N–H and O–H groups in total. The summed E-state index contributed by atoms with van der Waals surface area (Å²) in [4.78, 5) is 19.2. The molecule has 0 aliphatic carbocycles. The molecule has 0 fully saturated rings. The van der Waals surface area contributed by atoms with Crippen LogP contribution in [0, 0.1) is 0 Å². The molecule has 0 atom stereocenters. The van der Waals surface area contributed by atoms with E-state index in [9.17, 15) is 9.59 Å². The fourth-order valence-electron chi connectivity index (χ4n) is 0. The molecule has 13 heavy (non-hydrogen) atoms. The molecule has 0 aliphatic rings. The van der Waals surface area contributed by atoms with Gasteiger partial charge in [-0.25, -0.2) is 9.59 Å². The zero-order chi connectivity index (χ0) is 10.3. The molecule has 0 aromatic rings. The minimum Gasteiger partial charge on any atom is -0.478 e. The van der Waals surface area contributed by atoms with Gasteiger partial charge in [-0.15, -0.1) is 0 Å². The van der Waals surface area contributed by atoms with Gasteiger partial charge in [0, 0.05) is 11.1 Å². The molecule has 0 rings (SSSR count). The zero-order valence-corrected chi connectivity index (χ0v) is 7.83. The van der Waals surface area contributed by atoms with Crippen LogP contribution in [-0.4, -0.2) is 22.2 Å². The molecule has 0 radical (unpaired) electrons. The molecule has 0 aromatic heterocycles. The molecule has 0 spiro atoms. The lowest BCUT2D eigenvalue weighted by atomic mass is 10.4. The molecule has 0 saturated carbocycles. The van der Waals surface area contributed by atoms with Crippen molar-refractivity contribution in [1.82, 2.24) is 6.15 Å². The van der Waals surface area contributed by atoms with Crippen molar-refractivity contribution in [3.8, 4) is 0 Å². The lowest BCUT2D eigenvalue weighted by molar-refractivity contribution is -0.133. The van der Waals surface area contributed by atoms with Gasteiger partial charge in [0.1, 0.15) is 0 Å². The maximum atomic E-state index is 9.60. The molecule has 0 heterocycles. The summed E-state index contributed by atoms with van der Waals surface area (Å²) in [6.45, 7) is 9.20. The van der Waals surface area contributed by atoms with E-state index in [4.69, 9.17) is 10.2 Å². The summed E-state index contributed by atoms with van der Waals surface area (Å²) in [5.41, 5.74) is 0.352. The van der Waals surface area contributed by atoms with Crippen LogP contribution >= 0.6 is 0 Å². The summed E-state index contributed by atoms with van der Waals surface area (Å²) in [5, 5.41) is 15.8. The van der Waals surface area contributed by atoms with Crippen LogP contribution in [0.1, 0.15) is 13.8 Å². The van der Waals surface area contributed by atoms with Crippen LogP contribution in [0.4, 0.5) is 0 Å². The number of rotatable bonds is 2. The minimum absolute atomic E-state index is 0. The summed E-state index contributed by atoms with van der Waals surface area (Å²) < 4.78 is 0. The highest BCUT2D eigenvalue weighted by Crippen LogP contribution is 1.81. The zero-order valence-electron chi connectivity index (χ0n) is 7.83. The van der Waals surface area contributed by atoms with E-state index in [1.807, 2.05) is 0 Å². The Balaban J connectivity index is -0.000000143. The first-order valence-corrected chi connectivity index (χ1v) is 3.06. The smallest absolute Gasteiger partial charge is 0.330 e. The third-order valence-corrected chi connectivity index (χ3v) is 0.730. The van der Waals surface area contributed by atoms with Gasteiger partial charge in [0.2, 0.25) is 0 Å². The van der Waals surface area contributed by atoms with Crippen molar-refractivity contribution in [3.63, 3.8) is 0 Å². The molecule has 0 unspecified atom stereocenters. The van der Waals surface area contributed by atoms with Crippen LogP contribution in [0.3, 0.4) is 0 Å². The Morgan fingerprint density at radius 2 is 1.00 bits per heavy atom. The van der Waals surface area contributed by atoms with Crippen molar-refractivity contribution in [2.24, 2.45) is 0 Å². The van der Waals surface area contributed by atoms with Crippen LogP contribution in [0.2, 0.25) is 0 Å². The predicted octanol–water partition coefficient (Wildman–Crippen LogP) is 1.46. The Morgan fingerprint density at radius 3 is 1.00 bits per heavy atom. The molecule has 76 valence electrons. The van der Waals surface area contributed by atoms with Crippen molar-refractivity contribution >= 4 is 11.9 Å². The third-order valence-electron chi connectivity index (χ3n) is 0.730. The first-order valence-electron chi connectivity index (χ1n) is 3.06. The second-order valence-corrected chi connectivity index (χ2v) is 2.17. The van der Waals surface area contributed by atoms with Gasteiger partial charge in [0.15, 0.2) is 0 Å². The largest absolute Gasteiger partial charge is 0.478 e. The summed E-state index contributed by atoms with van der Waals surface area (Å²) in [6, 6.07) is 0. The summed E-state index contributed by atoms with van der Waals surface area (Å²) in [5.74, 6) is -1.87. The van der Waals surface area contributed by atoms with Gasteiger partial charge >= 0.3 is 11.9 Å². The first-order chi connectivity index (χ1) is 5.29. The predicted molar refractivity (Wildman–Crippen MR) is 49.9 cm³/mol. The van der Waals surface area contributed by atoms with E-state index in [1.54, 1.807) is 0 Å². The van der Waals surface area contributed by atoms with Gasteiger partial charge in [-0.05, 0) is 13.8 Å². The normalized spacial score (nSPS) is 6.92. The Hall–Kier alpha value is -1.62. The maximum Gasteiger partial charge on any atom is 0.330 e. The molecular weight excluding hydrogens is 174 g/mol. The molecule has 0 amide bonds. The van der Waals surface area contributed by atoms with E-state index in [2.05, 4.69) is 13.2 Å². The fourth-order valence-corrected chi connectivity index (χ4v) is 0. The van der Waals surface area contributed by atoms with E-state index in [1.165, 1.54) is 13.8 Å². The third kappa shape index (κ3) is 17.9. The average molecular weight is 189 g/mol. The Morgan fingerprint density at radius 1 is 0.923 bits per heavy atom. The fraction of sp³-hybridized carbons (Fsp3) is 0.250. The number of hydrogen-bond donors (Lipinski definition) is 3. The van der Waals surface area contributed by atoms with E-state index < -0.39 is 11.9 Å². The average Bonchev–Trinajstić information content (AvgIpc) is 1.88. The van der Waals surface area contributed by atoms with E-state index in [-0.39, 0.29) is 17.3 Å². The van der Waals surface area contributed by atoms with Crippen LogP contribution in [-0.2, 0) is 9.59 Å². The van der Waals surface area contributed by atoms with E-state index in [0.717, 1.165) is 0 Å². The van der Waals surface area contributed by atoms with Gasteiger partial charge in [-0.2, -0.15) is 0 Å². The quantitative estimate of drug-likeness (QED) is 0.569. The Labute approximate surface area is 77.0 Å². The number of aliphatic carboxylic acids is 2. The van der Waals surface area contributed by atoms with Crippen molar-refractivity contribution < 1.29 is 19.8 Å². The van der Waals surface area contributed by atoms with Crippen molar-refractivity contribution in [2.45, 2.75) is 13.8 Å². The van der Waals surface area contributed by atoms with Gasteiger partial charge in [-0.3, -0.25) is 0 Å². The second kappa shape index (κ2) is 8.48. The lowest BCUT2D eigenvalue weighted by Crippen LogP contribution is -1.92. The molecular formula is C8H15NO4. The van der Waals surface area contributed by atoms with E-state index >= 15 is 0 Å². The number of carboxylic acid groups (broad SMARTS) is 2. The van der Waals surface area contributed by atoms with Gasteiger partial charge in [0.05, 0.1) is 0 Å². The van der Waals surface area contributed by atoms with Crippen molar-refractivity contribution in [3.05, 3.63) is 24.3 Å². The monoisotopic (exact) mass is 189 g/mol. The van der Waals surface area contributed by atoms with Crippen molar-refractivity contribution in [2.75, 3.05) is 0 Å². The Bertz CT molecular complexity index is 172. The summed E-state index contributed by atoms with van der Waals surface area (Å²) in [6.07, 6.45) is 0. The minimum atomic E-state index is -0.935. The van der Waals surface area contributed by atoms with Crippen LogP contribution < -0.4 is 6.15 Å². The molecule has 0 aliphatic heterocycles.